The third-order valence-corrected chi connectivity index (χ3v) is 5.36. The van der Waals surface area contributed by atoms with Crippen molar-refractivity contribution in [3.63, 3.8) is 0 Å². The Hall–Kier alpha value is -3.17. The van der Waals surface area contributed by atoms with Gasteiger partial charge < -0.3 is 10.8 Å². The first-order valence-corrected chi connectivity index (χ1v) is 9.83. The zero-order chi connectivity index (χ0) is 22.5. The number of hydrogen-bond acceptors (Lipinski definition) is 7. The van der Waals surface area contributed by atoms with Gasteiger partial charge in [-0.05, 0) is 38.3 Å². The lowest BCUT2D eigenvalue weighted by molar-refractivity contribution is -0.0445. The number of alkyl halides is 3. The second-order valence-electron chi connectivity index (χ2n) is 6.94. The summed E-state index contributed by atoms with van der Waals surface area (Å²) in [7, 11) is -5.74. The fourth-order valence-corrected chi connectivity index (χ4v) is 3.48. The van der Waals surface area contributed by atoms with Gasteiger partial charge in [0.1, 0.15) is 11.3 Å². The first kappa shape index (κ1) is 21.5. The number of hydrogen-bond donors (Lipinski definition) is 2. The van der Waals surface area contributed by atoms with Crippen LogP contribution >= 0.6 is 0 Å². The number of rotatable bonds is 2. The van der Waals surface area contributed by atoms with Gasteiger partial charge >= 0.3 is 15.5 Å². The molecule has 0 aliphatic heterocycles. The minimum absolute atomic E-state index is 0.0816. The van der Waals surface area contributed by atoms with Crippen LogP contribution in [0.1, 0.15) is 25.1 Å². The number of pyridine rings is 1. The summed E-state index contributed by atoms with van der Waals surface area (Å²) in [5.41, 5.74) is -0.740. The van der Waals surface area contributed by atoms with Crippen molar-refractivity contribution < 1.29 is 26.7 Å². The number of aryl methyl sites for hydroxylation is 1. The van der Waals surface area contributed by atoms with Gasteiger partial charge in [-0.3, -0.25) is 0 Å². The van der Waals surface area contributed by atoms with Crippen LogP contribution in [-0.2, 0) is 10.0 Å². The molecule has 0 aliphatic rings. The van der Waals surface area contributed by atoms with Crippen LogP contribution in [0.2, 0.25) is 0 Å². The zero-order valence-corrected chi connectivity index (χ0v) is 16.8. The second kappa shape index (κ2) is 6.96. The van der Waals surface area contributed by atoms with E-state index in [1.807, 2.05) is 0 Å². The molecule has 0 amide bonds. The number of halogens is 3. The first-order chi connectivity index (χ1) is 13.7. The van der Waals surface area contributed by atoms with Gasteiger partial charge in [-0.2, -0.15) is 21.6 Å². The summed E-state index contributed by atoms with van der Waals surface area (Å²) < 4.78 is 63.9. The van der Waals surface area contributed by atoms with E-state index in [0.29, 0.717) is 5.56 Å². The molecule has 0 spiro atoms. The highest BCUT2D eigenvalue weighted by Crippen LogP contribution is 2.36. The molecule has 0 fully saturated rings. The Balaban J connectivity index is 2.38. The zero-order valence-electron chi connectivity index (χ0n) is 16.0. The van der Waals surface area contributed by atoms with E-state index in [2.05, 4.69) is 26.8 Å². The largest absolute Gasteiger partial charge is 0.517 e. The Kier molecular flexibility index (Phi) is 5.00. The van der Waals surface area contributed by atoms with E-state index in [0.717, 1.165) is 12.4 Å². The quantitative estimate of drug-likeness (QED) is 0.587. The summed E-state index contributed by atoms with van der Waals surface area (Å²) in [6, 6.07) is 1.32. The third kappa shape index (κ3) is 3.94. The topological polar surface area (TPSA) is 124 Å². The van der Waals surface area contributed by atoms with Crippen LogP contribution in [0.5, 0.6) is 0 Å². The Labute approximate surface area is 169 Å². The van der Waals surface area contributed by atoms with Crippen molar-refractivity contribution in [1.29, 1.82) is 0 Å². The Morgan fingerprint density at radius 1 is 1.20 bits per heavy atom. The maximum absolute atomic E-state index is 13.2. The molecule has 0 radical (unpaired) electrons. The predicted octanol–water partition coefficient (Wildman–Crippen LogP) is 2.20. The predicted molar refractivity (Wildman–Crippen MR) is 103 cm³/mol. The van der Waals surface area contributed by atoms with Crippen LogP contribution in [-0.4, -0.2) is 43.6 Å². The van der Waals surface area contributed by atoms with Gasteiger partial charge in [0.15, 0.2) is 0 Å². The van der Waals surface area contributed by atoms with Crippen LogP contribution in [0, 0.1) is 18.8 Å². The first-order valence-electron chi connectivity index (χ1n) is 8.39. The highest BCUT2D eigenvalue weighted by molar-refractivity contribution is 7.90. The van der Waals surface area contributed by atoms with Gasteiger partial charge in [0.05, 0.1) is 17.4 Å². The van der Waals surface area contributed by atoms with Crippen molar-refractivity contribution in [2.45, 2.75) is 31.9 Å². The number of aromatic nitrogens is 4. The van der Waals surface area contributed by atoms with E-state index in [4.69, 9.17) is 5.73 Å². The van der Waals surface area contributed by atoms with E-state index in [-0.39, 0.29) is 37.8 Å². The third-order valence-electron chi connectivity index (χ3n) is 3.95. The molecule has 3 aromatic rings. The molecule has 0 aliphatic carbocycles. The number of anilines is 1. The molecule has 3 rings (SSSR count). The van der Waals surface area contributed by atoms with Crippen molar-refractivity contribution >= 4 is 26.9 Å². The molecular formula is C18H16F3N5O3S. The average Bonchev–Trinajstić information content (AvgIpc) is 3.00. The maximum atomic E-state index is 13.2. The number of fused-ring (bicyclic) bond motifs is 1. The Morgan fingerprint density at radius 2 is 1.87 bits per heavy atom. The van der Waals surface area contributed by atoms with Crippen LogP contribution in [0.4, 0.5) is 19.1 Å². The smallest absolute Gasteiger partial charge is 0.378 e. The molecule has 0 bridgehead atoms. The van der Waals surface area contributed by atoms with Gasteiger partial charge in [0, 0.05) is 23.3 Å². The average molecular weight is 439 g/mol. The van der Waals surface area contributed by atoms with Crippen molar-refractivity contribution in [3.05, 3.63) is 35.9 Å². The lowest BCUT2D eigenvalue weighted by Gasteiger charge is -2.09. The van der Waals surface area contributed by atoms with Crippen molar-refractivity contribution in [2.75, 3.05) is 5.73 Å². The molecule has 30 heavy (non-hydrogen) atoms. The van der Waals surface area contributed by atoms with Gasteiger partial charge in [-0.15, -0.1) is 0 Å². The van der Waals surface area contributed by atoms with Crippen LogP contribution < -0.4 is 5.73 Å². The minimum Gasteiger partial charge on any atom is -0.378 e. The molecule has 0 saturated heterocycles. The molecule has 158 valence electrons. The number of nitrogen functional groups attached to an aromatic ring is 1. The van der Waals surface area contributed by atoms with Gasteiger partial charge in [-0.25, -0.2) is 18.9 Å². The summed E-state index contributed by atoms with van der Waals surface area (Å²) in [5, 5.41) is 9.86. The highest BCUT2D eigenvalue weighted by atomic mass is 32.2. The summed E-state index contributed by atoms with van der Waals surface area (Å²) in [5.74, 6) is 5.01. The molecule has 0 aromatic carbocycles. The van der Waals surface area contributed by atoms with E-state index in [9.17, 15) is 26.7 Å². The number of aliphatic hydroxyl groups is 1. The molecule has 3 heterocycles. The maximum Gasteiger partial charge on any atom is 0.517 e. The van der Waals surface area contributed by atoms with Crippen LogP contribution in [0.3, 0.4) is 0 Å². The monoisotopic (exact) mass is 439 g/mol. The minimum atomic E-state index is -5.74. The van der Waals surface area contributed by atoms with Crippen molar-refractivity contribution in [2.24, 2.45) is 0 Å². The summed E-state index contributed by atoms with van der Waals surface area (Å²) in [4.78, 5) is 11.8. The molecule has 0 atom stereocenters. The van der Waals surface area contributed by atoms with E-state index >= 15 is 0 Å². The van der Waals surface area contributed by atoms with Crippen LogP contribution in [0.25, 0.3) is 22.2 Å². The molecule has 0 saturated carbocycles. The number of nitrogens with zero attached hydrogens (tertiary/aromatic N) is 4. The van der Waals surface area contributed by atoms with E-state index in [1.54, 1.807) is 6.92 Å². The van der Waals surface area contributed by atoms with Crippen molar-refractivity contribution in [3.8, 4) is 23.1 Å². The van der Waals surface area contributed by atoms with Gasteiger partial charge in [0.2, 0.25) is 5.95 Å². The fourth-order valence-electron chi connectivity index (χ4n) is 2.61. The summed E-state index contributed by atoms with van der Waals surface area (Å²) in [6.45, 7) is 4.50. The SMILES string of the molecule is Cc1cnc(N)nc1-c1cn(S(=O)(=O)C(F)(F)F)c2cnc(C#CC(C)(C)O)cc12. The molecule has 3 N–H and O–H groups in total. The molecular weight excluding hydrogens is 423 g/mol. The van der Waals surface area contributed by atoms with E-state index < -0.39 is 21.1 Å². The van der Waals surface area contributed by atoms with E-state index in [1.165, 1.54) is 26.1 Å². The molecule has 3 aromatic heterocycles. The lowest BCUT2D eigenvalue weighted by atomic mass is 10.1. The summed E-state index contributed by atoms with van der Waals surface area (Å²) in [6.07, 6.45) is 3.16. The molecule has 12 heteroatoms. The van der Waals surface area contributed by atoms with Crippen LogP contribution in [0.15, 0.2) is 24.7 Å². The Morgan fingerprint density at radius 3 is 2.47 bits per heavy atom. The van der Waals surface area contributed by atoms with Crippen molar-refractivity contribution in [1.82, 2.24) is 18.9 Å². The second-order valence-corrected chi connectivity index (χ2v) is 8.75. The fraction of sp³-hybridized carbons (Fsp3) is 0.278. The van der Waals surface area contributed by atoms with Gasteiger partial charge in [0.25, 0.3) is 0 Å². The molecule has 8 nitrogen and oxygen atoms in total. The molecule has 0 unspecified atom stereocenters. The summed E-state index contributed by atoms with van der Waals surface area (Å²) >= 11 is 0. The standard InChI is InChI=1S/C18H16F3N5O3S/c1-10-7-24-16(22)25-15(10)13-9-26(30(28,29)18(19,20)21)14-8-23-11(6-12(13)14)4-5-17(2,3)27/h6-9,27H,1-3H3,(H2,22,24,25). The normalized spacial score (nSPS) is 12.6. The lowest BCUT2D eigenvalue weighted by Crippen LogP contribution is -2.29. The Bertz CT molecular complexity index is 1310. The highest BCUT2D eigenvalue weighted by Gasteiger charge is 2.48. The number of nitrogens with two attached hydrogens (primary N) is 1. The van der Waals surface area contributed by atoms with Gasteiger partial charge in [-0.1, -0.05) is 5.92 Å².